The number of aromatic nitrogens is 2. The monoisotopic (exact) mass is 308 g/mol. The number of nitrogens with zero attached hydrogens (tertiary/aromatic N) is 2. The van der Waals surface area contributed by atoms with E-state index in [4.69, 9.17) is 11.6 Å². The minimum atomic E-state index is -0.142. The molecule has 0 atom stereocenters. The van der Waals surface area contributed by atoms with Gasteiger partial charge in [0.05, 0.1) is 0 Å². The molecule has 0 saturated heterocycles. The van der Waals surface area contributed by atoms with Crippen molar-refractivity contribution in [2.24, 2.45) is 0 Å². The summed E-state index contributed by atoms with van der Waals surface area (Å²) in [7, 11) is 0. The first-order chi connectivity index (χ1) is 8.30. The summed E-state index contributed by atoms with van der Waals surface area (Å²) in [4.78, 5) is 4.58. The van der Waals surface area contributed by atoms with Crippen molar-refractivity contribution in [1.29, 1.82) is 0 Å². The third-order valence-electron chi connectivity index (χ3n) is 2.74. The molecule has 18 heavy (non-hydrogen) atoms. The van der Waals surface area contributed by atoms with Crippen LogP contribution in [-0.2, 0) is 5.41 Å². The largest absolute Gasteiger partial charge is 0.382 e. The van der Waals surface area contributed by atoms with Crippen LogP contribution in [0.2, 0.25) is 0 Å². The van der Waals surface area contributed by atoms with E-state index in [1.165, 1.54) is 4.68 Å². The van der Waals surface area contributed by atoms with Crippen molar-refractivity contribution in [3.63, 3.8) is 0 Å². The van der Waals surface area contributed by atoms with E-state index in [1.807, 2.05) is 24.3 Å². The summed E-state index contributed by atoms with van der Waals surface area (Å²) in [6.45, 7) is 6.18. The lowest BCUT2D eigenvalue weighted by molar-refractivity contribution is 0.532. The highest BCUT2D eigenvalue weighted by atomic mass is 79.9. The second-order valence-corrected chi connectivity index (χ2v) is 6.21. The van der Waals surface area contributed by atoms with Crippen LogP contribution in [0.25, 0.3) is 11.3 Å². The molecule has 0 fully saturated rings. The zero-order valence-electron chi connectivity index (χ0n) is 10.7. The Balaban J connectivity index is 2.56. The number of hydrogen-bond acceptors (Lipinski definition) is 3. The minimum Gasteiger partial charge on any atom is -0.382 e. The van der Waals surface area contributed by atoms with Crippen molar-refractivity contribution in [2.75, 3.05) is 11.6 Å². The molecular weight excluding hydrogens is 292 g/mol. The Morgan fingerprint density at radius 3 is 2.17 bits per heavy atom. The van der Waals surface area contributed by atoms with Gasteiger partial charge in [-0.15, -0.1) is 0 Å². The Labute approximate surface area is 115 Å². The molecule has 1 aromatic heterocycles. The number of hydrogen-bond donors (Lipinski definition) is 2. The third kappa shape index (κ3) is 2.22. The molecule has 0 aliphatic heterocycles. The smallest absolute Gasteiger partial charge is 0.150 e. The van der Waals surface area contributed by atoms with Gasteiger partial charge in [0, 0.05) is 15.5 Å². The highest BCUT2D eigenvalue weighted by Crippen LogP contribution is 2.30. The second-order valence-electron chi connectivity index (χ2n) is 5.30. The van der Waals surface area contributed by atoms with E-state index in [0.717, 1.165) is 21.6 Å². The summed E-state index contributed by atoms with van der Waals surface area (Å²) in [5, 5.41) is 0. The molecule has 96 valence electrons. The Morgan fingerprint density at radius 1 is 1.17 bits per heavy atom. The van der Waals surface area contributed by atoms with Crippen LogP contribution in [0.15, 0.2) is 28.7 Å². The molecule has 0 radical (unpaired) electrons. The van der Waals surface area contributed by atoms with Gasteiger partial charge in [-0.25, -0.2) is 9.66 Å². The van der Waals surface area contributed by atoms with Crippen LogP contribution in [0.3, 0.4) is 0 Å². The predicted octanol–water partition coefficient (Wildman–Crippen LogP) is 2.91. The molecule has 2 aromatic rings. The van der Waals surface area contributed by atoms with Crippen molar-refractivity contribution in [3.05, 3.63) is 34.6 Å². The van der Waals surface area contributed by atoms with E-state index in [0.29, 0.717) is 5.82 Å². The predicted molar refractivity (Wildman–Crippen MR) is 78.6 cm³/mol. The van der Waals surface area contributed by atoms with Crippen LogP contribution >= 0.6 is 15.9 Å². The SMILES string of the molecule is CC(C)(C)c1nc(-c2ccc(Br)cc2)c(N)n1N. The molecule has 4 N–H and O–H groups in total. The number of nitrogen functional groups attached to an aromatic ring is 2. The molecule has 5 heteroatoms. The lowest BCUT2D eigenvalue weighted by atomic mass is 9.96. The maximum Gasteiger partial charge on any atom is 0.150 e. The van der Waals surface area contributed by atoms with Gasteiger partial charge in [0.1, 0.15) is 11.5 Å². The molecule has 1 heterocycles. The molecular formula is C13H17BrN4. The maximum atomic E-state index is 6.03. The number of rotatable bonds is 1. The lowest BCUT2D eigenvalue weighted by Gasteiger charge is -2.17. The molecule has 0 bridgehead atoms. The number of halogens is 1. The molecule has 0 aliphatic rings. The van der Waals surface area contributed by atoms with Crippen LogP contribution in [0.1, 0.15) is 26.6 Å². The maximum absolute atomic E-state index is 6.03. The van der Waals surface area contributed by atoms with E-state index < -0.39 is 0 Å². The fraction of sp³-hybridized carbons (Fsp3) is 0.308. The Kier molecular flexibility index (Phi) is 3.11. The molecule has 0 spiro atoms. The lowest BCUT2D eigenvalue weighted by Crippen LogP contribution is -2.24. The first-order valence-electron chi connectivity index (χ1n) is 5.70. The zero-order valence-corrected chi connectivity index (χ0v) is 12.3. The fourth-order valence-electron chi connectivity index (χ4n) is 1.79. The molecule has 0 amide bonds. The first kappa shape index (κ1) is 13.0. The highest BCUT2D eigenvalue weighted by molar-refractivity contribution is 9.10. The fourth-order valence-corrected chi connectivity index (χ4v) is 2.06. The van der Waals surface area contributed by atoms with Crippen LogP contribution < -0.4 is 11.6 Å². The van der Waals surface area contributed by atoms with Crippen LogP contribution in [0, 0.1) is 0 Å². The standard InChI is InChI=1S/C13H17BrN4/c1-13(2,3)12-17-10(11(15)18(12)16)8-4-6-9(14)7-5-8/h4-7H,15-16H2,1-3H3. The summed E-state index contributed by atoms with van der Waals surface area (Å²) in [6, 6.07) is 7.85. The van der Waals surface area contributed by atoms with Crippen LogP contribution in [-0.4, -0.2) is 9.66 Å². The van der Waals surface area contributed by atoms with Gasteiger partial charge in [0.2, 0.25) is 0 Å². The van der Waals surface area contributed by atoms with Crippen LogP contribution in [0.5, 0.6) is 0 Å². The van der Waals surface area contributed by atoms with Gasteiger partial charge in [-0.2, -0.15) is 0 Å². The molecule has 4 nitrogen and oxygen atoms in total. The molecule has 0 saturated carbocycles. The van der Waals surface area contributed by atoms with Crippen molar-refractivity contribution in [3.8, 4) is 11.3 Å². The first-order valence-corrected chi connectivity index (χ1v) is 6.49. The van der Waals surface area contributed by atoms with E-state index >= 15 is 0 Å². The quantitative estimate of drug-likeness (QED) is 0.796. The Hall–Kier alpha value is -1.49. The molecule has 0 aliphatic carbocycles. The van der Waals surface area contributed by atoms with E-state index in [9.17, 15) is 0 Å². The summed E-state index contributed by atoms with van der Waals surface area (Å²) in [5.41, 5.74) is 7.59. The van der Waals surface area contributed by atoms with Gasteiger partial charge in [-0.3, -0.25) is 0 Å². The van der Waals surface area contributed by atoms with Crippen molar-refractivity contribution >= 4 is 21.7 Å². The normalized spacial score (nSPS) is 11.8. The van der Waals surface area contributed by atoms with Gasteiger partial charge in [-0.05, 0) is 12.1 Å². The number of nitrogens with two attached hydrogens (primary N) is 2. The zero-order chi connectivity index (χ0) is 13.5. The summed E-state index contributed by atoms with van der Waals surface area (Å²) in [6.07, 6.45) is 0. The van der Waals surface area contributed by atoms with Gasteiger partial charge >= 0.3 is 0 Å². The molecule has 1 aromatic carbocycles. The Morgan fingerprint density at radius 2 is 1.72 bits per heavy atom. The number of benzene rings is 1. The topological polar surface area (TPSA) is 69.9 Å². The molecule has 0 unspecified atom stereocenters. The highest BCUT2D eigenvalue weighted by Gasteiger charge is 2.24. The number of imidazole rings is 1. The summed E-state index contributed by atoms with van der Waals surface area (Å²) in [5.74, 6) is 7.24. The van der Waals surface area contributed by atoms with Gasteiger partial charge in [0.25, 0.3) is 0 Å². The van der Waals surface area contributed by atoms with Crippen molar-refractivity contribution in [2.45, 2.75) is 26.2 Å². The average Bonchev–Trinajstić information content (AvgIpc) is 2.57. The van der Waals surface area contributed by atoms with Crippen molar-refractivity contribution in [1.82, 2.24) is 9.66 Å². The van der Waals surface area contributed by atoms with E-state index in [-0.39, 0.29) is 5.41 Å². The van der Waals surface area contributed by atoms with E-state index in [1.54, 1.807) is 0 Å². The second kappa shape index (κ2) is 4.31. The van der Waals surface area contributed by atoms with Gasteiger partial charge in [-0.1, -0.05) is 48.8 Å². The van der Waals surface area contributed by atoms with Gasteiger partial charge < -0.3 is 11.6 Å². The number of anilines is 1. The summed E-state index contributed by atoms with van der Waals surface area (Å²) >= 11 is 3.41. The van der Waals surface area contributed by atoms with Gasteiger partial charge in [0.15, 0.2) is 5.82 Å². The minimum absolute atomic E-state index is 0.142. The Bertz CT molecular complexity index is 564. The van der Waals surface area contributed by atoms with Crippen molar-refractivity contribution < 1.29 is 0 Å². The van der Waals surface area contributed by atoms with E-state index in [2.05, 4.69) is 41.7 Å². The van der Waals surface area contributed by atoms with Crippen LogP contribution in [0.4, 0.5) is 5.82 Å². The third-order valence-corrected chi connectivity index (χ3v) is 3.27. The average molecular weight is 309 g/mol. The molecule has 2 rings (SSSR count). The summed E-state index contributed by atoms with van der Waals surface area (Å²) < 4.78 is 2.49.